The third kappa shape index (κ3) is 4.82. The highest BCUT2D eigenvalue weighted by Crippen LogP contribution is 2.26. The molecule has 0 saturated carbocycles. The highest BCUT2D eigenvalue weighted by molar-refractivity contribution is 7.91. The number of piperidine rings is 1. The first kappa shape index (κ1) is 20.8. The Hall–Kier alpha value is -2.49. The summed E-state index contributed by atoms with van der Waals surface area (Å²) in [5.41, 5.74) is 0.810. The van der Waals surface area contributed by atoms with Crippen molar-refractivity contribution in [3.63, 3.8) is 0 Å². The van der Waals surface area contributed by atoms with E-state index in [1.54, 1.807) is 0 Å². The maximum absolute atomic E-state index is 12.4. The minimum absolute atomic E-state index is 0.00452. The van der Waals surface area contributed by atoms with Crippen LogP contribution in [0.1, 0.15) is 37.3 Å². The van der Waals surface area contributed by atoms with Crippen LogP contribution in [0.2, 0.25) is 0 Å². The molecule has 1 aliphatic rings. The van der Waals surface area contributed by atoms with Gasteiger partial charge in [-0.25, -0.2) is 8.42 Å². The summed E-state index contributed by atoms with van der Waals surface area (Å²) in [6, 6.07) is 2.78. The second-order valence-corrected chi connectivity index (χ2v) is 8.71. The van der Waals surface area contributed by atoms with Crippen molar-refractivity contribution >= 4 is 27.3 Å². The summed E-state index contributed by atoms with van der Waals surface area (Å²) >= 11 is 0. The number of anilines is 1. The van der Waals surface area contributed by atoms with E-state index >= 15 is 0 Å². The standard InChI is InChI=1S/C17H23N3O6S/c1-11-8-14(9-12(2)15(11)27(25,26)10-20(23)24)18-16(21)17(22)19-7-5-4-6-13(19)3/h8-9,13H,4-7,10H2,1-3H3,(H,18,21)/t13-/m1/s1. The summed E-state index contributed by atoms with van der Waals surface area (Å²) in [6.45, 7) is 5.41. The molecule has 2 rings (SSSR count). The van der Waals surface area contributed by atoms with Crippen molar-refractivity contribution in [1.82, 2.24) is 4.90 Å². The fraction of sp³-hybridized carbons (Fsp3) is 0.529. The molecule has 1 heterocycles. The van der Waals surface area contributed by atoms with E-state index in [4.69, 9.17) is 0 Å². The SMILES string of the molecule is Cc1cc(NC(=O)C(=O)N2CCCC[C@H]2C)cc(C)c1S(=O)(=O)C[N+](=O)[O-]. The number of nitrogens with zero attached hydrogens (tertiary/aromatic N) is 2. The van der Waals surface area contributed by atoms with Gasteiger partial charge in [-0.3, -0.25) is 19.7 Å². The summed E-state index contributed by atoms with van der Waals surface area (Å²) in [5.74, 6) is -2.61. The van der Waals surface area contributed by atoms with E-state index in [9.17, 15) is 28.1 Å². The number of hydrogen-bond donors (Lipinski definition) is 1. The first-order chi connectivity index (χ1) is 12.5. The van der Waals surface area contributed by atoms with Gasteiger partial charge in [0.1, 0.15) is 0 Å². The predicted molar refractivity (Wildman–Crippen MR) is 98.6 cm³/mol. The van der Waals surface area contributed by atoms with Crippen LogP contribution in [0.15, 0.2) is 17.0 Å². The molecule has 0 bridgehead atoms. The maximum atomic E-state index is 12.4. The largest absolute Gasteiger partial charge is 0.332 e. The average molecular weight is 397 g/mol. The van der Waals surface area contributed by atoms with E-state index in [0.29, 0.717) is 6.54 Å². The third-order valence-electron chi connectivity index (χ3n) is 4.56. The quantitative estimate of drug-likeness (QED) is 0.468. The van der Waals surface area contributed by atoms with Crippen molar-refractivity contribution < 1.29 is 22.9 Å². The Morgan fingerprint density at radius 2 is 1.85 bits per heavy atom. The van der Waals surface area contributed by atoms with Crippen LogP contribution in [-0.2, 0) is 19.4 Å². The Kier molecular flexibility index (Phi) is 6.19. The Morgan fingerprint density at radius 1 is 1.26 bits per heavy atom. The average Bonchev–Trinajstić information content (AvgIpc) is 2.52. The third-order valence-corrected chi connectivity index (χ3v) is 6.38. The Balaban J connectivity index is 2.22. The highest BCUT2D eigenvalue weighted by atomic mass is 32.2. The summed E-state index contributed by atoms with van der Waals surface area (Å²) in [7, 11) is -4.09. The Labute approximate surface area is 157 Å². The number of hydrogen-bond acceptors (Lipinski definition) is 6. The number of likely N-dealkylation sites (tertiary alicyclic amines) is 1. The molecule has 1 aromatic rings. The normalized spacial score (nSPS) is 17.4. The van der Waals surface area contributed by atoms with Crippen molar-refractivity contribution in [2.75, 3.05) is 17.7 Å². The molecule has 1 N–H and O–H groups in total. The molecule has 0 aliphatic carbocycles. The second-order valence-electron chi connectivity index (χ2n) is 6.81. The lowest BCUT2D eigenvalue weighted by Crippen LogP contribution is -2.47. The van der Waals surface area contributed by atoms with Crippen molar-refractivity contribution in [3.05, 3.63) is 33.4 Å². The Morgan fingerprint density at radius 3 is 2.37 bits per heavy atom. The van der Waals surface area contributed by atoms with Gasteiger partial charge >= 0.3 is 17.7 Å². The molecule has 27 heavy (non-hydrogen) atoms. The van der Waals surface area contributed by atoms with Crippen molar-refractivity contribution in [2.24, 2.45) is 0 Å². The number of carbonyl (C=O) groups excluding carboxylic acids is 2. The lowest BCUT2D eigenvalue weighted by atomic mass is 10.0. The lowest BCUT2D eigenvalue weighted by molar-refractivity contribution is -0.458. The number of rotatable bonds is 4. The molecular formula is C17H23N3O6S. The molecule has 1 aliphatic heterocycles. The molecule has 0 unspecified atom stereocenters. The topological polar surface area (TPSA) is 127 Å². The molecule has 10 heteroatoms. The van der Waals surface area contributed by atoms with Gasteiger partial charge in [-0.1, -0.05) is 0 Å². The molecule has 1 aromatic carbocycles. The van der Waals surface area contributed by atoms with Crippen LogP contribution in [0.5, 0.6) is 0 Å². The molecular weight excluding hydrogens is 374 g/mol. The van der Waals surface area contributed by atoms with E-state index in [1.807, 2.05) is 6.92 Å². The summed E-state index contributed by atoms with van der Waals surface area (Å²) in [5, 5.41) is 13.1. The molecule has 9 nitrogen and oxygen atoms in total. The highest BCUT2D eigenvalue weighted by Gasteiger charge is 2.29. The zero-order valence-corrected chi connectivity index (χ0v) is 16.3. The zero-order chi connectivity index (χ0) is 20.4. The number of carbonyl (C=O) groups is 2. The molecule has 2 amide bonds. The molecule has 148 valence electrons. The maximum Gasteiger partial charge on any atom is 0.313 e. The minimum atomic E-state index is -4.09. The number of nitrogens with one attached hydrogen (secondary N) is 1. The van der Waals surface area contributed by atoms with Crippen LogP contribution < -0.4 is 5.32 Å². The van der Waals surface area contributed by atoms with Crippen molar-refractivity contribution in [1.29, 1.82) is 0 Å². The number of benzene rings is 1. The van der Waals surface area contributed by atoms with Crippen molar-refractivity contribution in [3.8, 4) is 0 Å². The van der Waals surface area contributed by atoms with Gasteiger partial charge in [0, 0.05) is 23.2 Å². The molecule has 0 spiro atoms. The van der Waals surface area contributed by atoms with E-state index in [2.05, 4.69) is 5.32 Å². The second kappa shape index (κ2) is 8.03. The summed E-state index contributed by atoms with van der Waals surface area (Å²) in [6.07, 6.45) is 2.72. The van der Waals surface area contributed by atoms with Crippen LogP contribution in [0, 0.1) is 24.0 Å². The Bertz CT molecular complexity index is 858. The van der Waals surface area contributed by atoms with Gasteiger partial charge in [0.05, 0.1) is 4.90 Å². The number of nitro groups is 1. The number of sulfone groups is 1. The van der Waals surface area contributed by atoms with Gasteiger partial charge in [0.15, 0.2) is 0 Å². The van der Waals surface area contributed by atoms with E-state index in [-0.39, 0.29) is 27.8 Å². The van der Waals surface area contributed by atoms with Gasteiger partial charge in [0.25, 0.3) is 0 Å². The van der Waals surface area contributed by atoms with Crippen LogP contribution in [-0.4, -0.2) is 48.5 Å². The van der Waals surface area contributed by atoms with Gasteiger partial charge in [-0.15, -0.1) is 0 Å². The zero-order valence-electron chi connectivity index (χ0n) is 15.5. The monoisotopic (exact) mass is 397 g/mol. The van der Waals surface area contributed by atoms with Gasteiger partial charge in [0.2, 0.25) is 9.84 Å². The molecule has 1 saturated heterocycles. The summed E-state index contributed by atoms with van der Waals surface area (Å²) in [4.78, 5) is 35.8. The molecule has 0 radical (unpaired) electrons. The molecule has 1 atom stereocenters. The number of amides is 2. The minimum Gasteiger partial charge on any atom is -0.332 e. The lowest BCUT2D eigenvalue weighted by Gasteiger charge is -2.32. The van der Waals surface area contributed by atoms with Gasteiger partial charge in [-0.05, 0) is 63.3 Å². The van der Waals surface area contributed by atoms with Crippen LogP contribution in [0.3, 0.4) is 0 Å². The smallest absolute Gasteiger partial charge is 0.313 e. The number of aryl methyl sites for hydroxylation is 2. The van der Waals surface area contributed by atoms with Crippen LogP contribution in [0.4, 0.5) is 5.69 Å². The molecule has 0 aromatic heterocycles. The van der Waals surface area contributed by atoms with E-state index < -0.39 is 32.5 Å². The van der Waals surface area contributed by atoms with Crippen LogP contribution in [0.25, 0.3) is 0 Å². The first-order valence-corrected chi connectivity index (χ1v) is 10.3. The van der Waals surface area contributed by atoms with Gasteiger partial charge in [-0.2, -0.15) is 0 Å². The fourth-order valence-electron chi connectivity index (χ4n) is 3.43. The van der Waals surface area contributed by atoms with Crippen molar-refractivity contribution in [2.45, 2.75) is 51.0 Å². The first-order valence-electron chi connectivity index (χ1n) is 8.60. The van der Waals surface area contributed by atoms with E-state index in [1.165, 1.54) is 30.9 Å². The molecule has 1 fully saturated rings. The predicted octanol–water partition coefficient (Wildman–Crippen LogP) is 1.65. The van der Waals surface area contributed by atoms with E-state index in [0.717, 1.165) is 19.3 Å². The van der Waals surface area contributed by atoms with Gasteiger partial charge < -0.3 is 10.2 Å². The summed E-state index contributed by atoms with van der Waals surface area (Å²) < 4.78 is 24.4. The fourth-order valence-corrected chi connectivity index (χ4v) is 4.94. The van der Waals surface area contributed by atoms with Crippen LogP contribution >= 0.6 is 0 Å².